The molecule has 2 aliphatic rings. The first-order chi connectivity index (χ1) is 17.9. The molecule has 37 heavy (non-hydrogen) atoms. The zero-order chi connectivity index (χ0) is 25.8. The Morgan fingerprint density at radius 3 is 2.11 bits per heavy atom. The van der Waals surface area contributed by atoms with Gasteiger partial charge in [-0.2, -0.15) is 4.68 Å². The van der Waals surface area contributed by atoms with Gasteiger partial charge in [0.15, 0.2) is 0 Å². The second kappa shape index (κ2) is 8.35. The van der Waals surface area contributed by atoms with Gasteiger partial charge >= 0.3 is 6.03 Å². The molecule has 9 heteroatoms. The average Bonchev–Trinajstić information content (AvgIpc) is 3.33. The summed E-state index contributed by atoms with van der Waals surface area (Å²) in [5, 5.41) is 0. The fourth-order valence-corrected chi connectivity index (χ4v) is 6.34. The van der Waals surface area contributed by atoms with Crippen molar-refractivity contribution >= 4 is 23.4 Å². The molecule has 0 saturated carbocycles. The highest BCUT2D eigenvalue weighted by Crippen LogP contribution is 2.53. The molecule has 1 saturated heterocycles. The van der Waals surface area contributed by atoms with E-state index in [1.54, 1.807) is 31.0 Å². The summed E-state index contributed by atoms with van der Waals surface area (Å²) in [6.45, 7) is 0. The Morgan fingerprint density at radius 2 is 1.49 bits per heavy atom. The number of urea groups is 1. The number of nitrogens with zero attached hydrogens (tertiary/aromatic N) is 4. The zero-order valence-electron chi connectivity index (χ0n) is 20.6. The summed E-state index contributed by atoms with van der Waals surface area (Å²) >= 11 is 1.29. The van der Waals surface area contributed by atoms with E-state index in [-0.39, 0.29) is 11.6 Å². The predicted molar refractivity (Wildman–Crippen MR) is 142 cm³/mol. The number of hydrogen-bond acceptors (Lipinski definition) is 6. The number of rotatable bonds is 4. The normalized spacial score (nSPS) is 22.8. The van der Waals surface area contributed by atoms with Crippen molar-refractivity contribution in [1.82, 2.24) is 14.5 Å². The highest BCUT2D eigenvalue weighted by atomic mass is 32.1. The number of thiazole rings is 1. The molecule has 0 radical (unpaired) electrons. The van der Waals surface area contributed by atoms with Crippen molar-refractivity contribution in [2.24, 2.45) is 4.99 Å². The van der Waals surface area contributed by atoms with Crippen molar-refractivity contribution in [3.8, 4) is 5.75 Å². The van der Waals surface area contributed by atoms with Crippen LogP contribution < -0.4 is 25.1 Å². The molecule has 2 amide bonds. The topological polar surface area (TPSA) is 79.2 Å². The van der Waals surface area contributed by atoms with Crippen LogP contribution in [-0.4, -0.2) is 41.7 Å². The number of fused-ring (bicyclic) bond motifs is 2. The van der Waals surface area contributed by atoms with Crippen LogP contribution in [0.25, 0.3) is 6.08 Å². The van der Waals surface area contributed by atoms with E-state index in [1.165, 1.54) is 16.0 Å². The van der Waals surface area contributed by atoms with E-state index in [2.05, 4.69) is 5.43 Å². The molecule has 1 N–H and O–H groups in total. The Kier molecular flexibility index (Phi) is 5.20. The fourth-order valence-electron chi connectivity index (χ4n) is 5.37. The quantitative estimate of drug-likeness (QED) is 0.457. The first-order valence-corrected chi connectivity index (χ1v) is 12.6. The van der Waals surface area contributed by atoms with Crippen LogP contribution in [0.5, 0.6) is 5.75 Å². The SMILES string of the molecule is COc1ccc(/C=c2/sc3n(c2=O)N[C@]2(c4ccccc4)N(C)C(=O)N(C)[C@]2(c2ccccc2)N=3)cc1. The molecular formula is C28H25N5O3S. The molecule has 0 spiro atoms. The van der Waals surface area contributed by atoms with Crippen molar-refractivity contribution in [3.63, 3.8) is 0 Å². The third kappa shape index (κ3) is 3.10. The van der Waals surface area contributed by atoms with Crippen LogP contribution in [0.2, 0.25) is 0 Å². The zero-order valence-corrected chi connectivity index (χ0v) is 21.4. The number of carbonyl (C=O) groups is 1. The molecule has 1 fully saturated rings. The minimum absolute atomic E-state index is 0.211. The van der Waals surface area contributed by atoms with E-state index < -0.39 is 11.3 Å². The van der Waals surface area contributed by atoms with Gasteiger partial charge in [-0.25, -0.2) is 9.79 Å². The lowest BCUT2D eigenvalue weighted by atomic mass is 9.80. The molecule has 1 aromatic heterocycles. The molecule has 8 nitrogen and oxygen atoms in total. The lowest BCUT2D eigenvalue weighted by Gasteiger charge is -2.49. The number of carbonyl (C=O) groups excluding carboxylic acids is 1. The second-order valence-corrected chi connectivity index (χ2v) is 10.1. The molecule has 0 bridgehead atoms. The van der Waals surface area contributed by atoms with Crippen LogP contribution in [0.1, 0.15) is 16.7 Å². The number of ether oxygens (including phenoxy) is 1. The summed E-state index contributed by atoms with van der Waals surface area (Å²) in [4.78, 5) is 36.3. The molecule has 0 unspecified atom stereocenters. The number of methoxy groups -OCH3 is 1. The Hall–Kier alpha value is -4.37. The maximum absolute atomic E-state index is 13.7. The minimum atomic E-state index is -1.18. The van der Waals surface area contributed by atoms with Gasteiger partial charge in [-0.1, -0.05) is 84.1 Å². The maximum Gasteiger partial charge on any atom is 0.324 e. The lowest BCUT2D eigenvalue weighted by molar-refractivity contribution is 0.0648. The van der Waals surface area contributed by atoms with Gasteiger partial charge in [-0.15, -0.1) is 0 Å². The third-order valence-corrected chi connectivity index (χ3v) is 8.15. The van der Waals surface area contributed by atoms with Gasteiger partial charge in [0, 0.05) is 25.2 Å². The van der Waals surface area contributed by atoms with E-state index in [0.29, 0.717) is 9.33 Å². The van der Waals surface area contributed by atoms with E-state index in [9.17, 15) is 9.59 Å². The van der Waals surface area contributed by atoms with Crippen LogP contribution in [0, 0.1) is 0 Å². The molecule has 6 rings (SSSR count). The molecule has 3 aromatic carbocycles. The maximum atomic E-state index is 13.7. The molecule has 186 valence electrons. The van der Waals surface area contributed by atoms with E-state index in [4.69, 9.17) is 9.73 Å². The van der Waals surface area contributed by atoms with E-state index in [1.807, 2.05) is 91.0 Å². The van der Waals surface area contributed by atoms with Gasteiger partial charge in [0.05, 0.1) is 11.6 Å². The van der Waals surface area contributed by atoms with Crippen LogP contribution in [0.15, 0.2) is 94.7 Å². The number of amides is 2. The molecule has 3 heterocycles. The van der Waals surface area contributed by atoms with Crippen molar-refractivity contribution < 1.29 is 9.53 Å². The van der Waals surface area contributed by atoms with Crippen molar-refractivity contribution in [3.05, 3.63) is 121 Å². The van der Waals surface area contributed by atoms with Gasteiger partial charge in [0.1, 0.15) is 5.75 Å². The van der Waals surface area contributed by atoms with Gasteiger partial charge < -0.3 is 4.74 Å². The van der Waals surface area contributed by atoms with Gasteiger partial charge in [0.25, 0.3) is 5.56 Å². The predicted octanol–water partition coefficient (Wildman–Crippen LogP) is 2.63. The Bertz CT molecular complexity index is 1670. The standard InChI is InChI=1S/C28H25N5O3S/c1-31-26(35)32(2)28(21-12-8-5-9-13-21)27(31,20-10-6-4-7-11-20)29-25-33(30-28)24(34)23(37-25)18-19-14-16-22(36-3)17-15-19/h4-18,30H,1-3H3/b23-18+/t27-,28+/m0/s1. The van der Waals surface area contributed by atoms with Crippen LogP contribution in [0.4, 0.5) is 4.79 Å². The van der Waals surface area contributed by atoms with Crippen molar-refractivity contribution in [2.45, 2.75) is 11.3 Å². The summed E-state index contributed by atoms with van der Waals surface area (Å²) in [5.41, 5.74) is 3.41. The average molecular weight is 512 g/mol. The minimum Gasteiger partial charge on any atom is -0.497 e. The summed E-state index contributed by atoms with van der Waals surface area (Å²) in [6.07, 6.45) is 1.84. The number of likely N-dealkylation sites (N-methyl/N-ethyl adjacent to an activating group) is 2. The van der Waals surface area contributed by atoms with E-state index in [0.717, 1.165) is 22.4 Å². The summed E-state index contributed by atoms with van der Waals surface area (Å²) in [7, 11) is 5.12. The van der Waals surface area contributed by atoms with Crippen LogP contribution in [-0.2, 0) is 11.3 Å². The number of hydrogen-bond donors (Lipinski definition) is 1. The molecule has 0 aliphatic carbocycles. The highest BCUT2D eigenvalue weighted by Gasteiger charge is 2.69. The van der Waals surface area contributed by atoms with Gasteiger partial charge in [0.2, 0.25) is 16.1 Å². The number of aromatic nitrogens is 1. The van der Waals surface area contributed by atoms with Crippen LogP contribution >= 0.6 is 11.3 Å². The van der Waals surface area contributed by atoms with Crippen molar-refractivity contribution in [1.29, 1.82) is 0 Å². The third-order valence-electron chi connectivity index (χ3n) is 7.19. The second-order valence-electron chi connectivity index (χ2n) is 9.05. The summed E-state index contributed by atoms with van der Waals surface area (Å²) in [5.74, 6) is 0.745. The molecule has 4 aromatic rings. The molecule has 2 aliphatic heterocycles. The molecule has 2 atom stereocenters. The van der Waals surface area contributed by atoms with Gasteiger partial charge in [-0.05, 0) is 23.8 Å². The molecular weight excluding hydrogens is 486 g/mol. The van der Waals surface area contributed by atoms with Crippen molar-refractivity contribution in [2.75, 3.05) is 26.6 Å². The smallest absolute Gasteiger partial charge is 0.324 e. The monoisotopic (exact) mass is 511 g/mol. The Labute approximate surface area is 217 Å². The van der Waals surface area contributed by atoms with E-state index >= 15 is 0 Å². The Balaban J connectivity index is 1.67. The fraction of sp³-hybridized carbons (Fsp3) is 0.179. The summed E-state index contributed by atoms with van der Waals surface area (Å²) in [6, 6.07) is 26.7. The first-order valence-electron chi connectivity index (χ1n) is 11.8. The lowest BCUT2D eigenvalue weighted by Crippen LogP contribution is -2.67. The largest absolute Gasteiger partial charge is 0.497 e. The Morgan fingerprint density at radius 1 is 0.865 bits per heavy atom. The van der Waals surface area contributed by atoms with Gasteiger partial charge in [-0.3, -0.25) is 20.0 Å². The first kappa shape index (κ1) is 23.1. The number of benzene rings is 3. The van der Waals surface area contributed by atoms with Crippen LogP contribution in [0.3, 0.4) is 0 Å². The summed E-state index contributed by atoms with van der Waals surface area (Å²) < 4.78 is 7.24. The number of nitrogens with one attached hydrogen (secondary N) is 1. The highest BCUT2D eigenvalue weighted by molar-refractivity contribution is 7.07.